The van der Waals surface area contributed by atoms with Crippen molar-refractivity contribution in [3.8, 4) is 6.07 Å². The average Bonchev–Trinajstić information content (AvgIpc) is 2.54. The van der Waals surface area contributed by atoms with Gasteiger partial charge in [0.05, 0.1) is 4.92 Å². The van der Waals surface area contributed by atoms with Crippen molar-refractivity contribution in [1.82, 2.24) is 0 Å². The summed E-state index contributed by atoms with van der Waals surface area (Å²) >= 11 is 0. The number of amides is 1. The first-order valence-electron chi connectivity index (χ1n) is 6.33. The van der Waals surface area contributed by atoms with Gasteiger partial charge in [-0.15, -0.1) is 0 Å². The fourth-order valence-corrected chi connectivity index (χ4v) is 1.73. The van der Waals surface area contributed by atoms with E-state index in [4.69, 9.17) is 5.26 Å². The molecule has 0 atom stereocenters. The van der Waals surface area contributed by atoms with E-state index in [1.165, 1.54) is 30.3 Å². The number of nitro benzene ring substituents is 1. The largest absolute Gasteiger partial charge is 0.321 e. The predicted octanol–water partition coefficient (Wildman–Crippen LogP) is 3.14. The van der Waals surface area contributed by atoms with Crippen molar-refractivity contribution in [2.24, 2.45) is 0 Å². The molecule has 0 aromatic heterocycles. The number of anilines is 1. The van der Waals surface area contributed by atoms with Crippen LogP contribution >= 0.6 is 0 Å². The molecule has 0 bridgehead atoms. The van der Waals surface area contributed by atoms with Crippen LogP contribution in [0.2, 0.25) is 0 Å². The molecule has 108 valence electrons. The molecule has 0 fully saturated rings. The van der Waals surface area contributed by atoms with Crippen LogP contribution in [0, 0.1) is 21.4 Å². The van der Waals surface area contributed by atoms with Gasteiger partial charge in [0.25, 0.3) is 11.6 Å². The zero-order chi connectivity index (χ0) is 15.9. The molecule has 0 saturated carbocycles. The highest BCUT2D eigenvalue weighted by Gasteiger charge is 2.10. The number of nitro groups is 1. The minimum atomic E-state index is -0.569. The van der Waals surface area contributed by atoms with Crippen molar-refractivity contribution in [2.45, 2.75) is 0 Å². The van der Waals surface area contributed by atoms with Gasteiger partial charge in [-0.25, -0.2) is 0 Å². The van der Waals surface area contributed by atoms with E-state index < -0.39 is 10.8 Å². The predicted molar refractivity (Wildman–Crippen MR) is 81.8 cm³/mol. The van der Waals surface area contributed by atoms with E-state index in [-0.39, 0.29) is 11.3 Å². The lowest BCUT2D eigenvalue weighted by Crippen LogP contribution is -2.13. The SMILES string of the molecule is N#C/C(=C\c1ccccc1)C(=O)Nc1ccc([N+](=O)[O-])cc1. The van der Waals surface area contributed by atoms with Gasteiger partial charge in [0.2, 0.25) is 0 Å². The Kier molecular flexibility index (Phi) is 4.63. The van der Waals surface area contributed by atoms with E-state index in [1.54, 1.807) is 24.3 Å². The van der Waals surface area contributed by atoms with Crippen molar-refractivity contribution >= 4 is 23.4 Å². The number of carbonyl (C=O) groups excluding carboxylic acids is 1. The normalized spacial score (nSPS) is 10.6. The van der Waals surface area contributed by atoms with Crippen molar-refractivity contribution in [3.63, 3.8) is 0 Å². The van der Waals surface area contributed by atoms with Crippen molar-refractivity contribution in [3.05, 3.63) is 75.8 Å². The maximum atomic E-state index is 12.0. The van der Waals surface area contributed by atoms with Gasteiger partial charge in [-0.3, -0.25) is 14.9 Å². The second-order valence-corrected chi connectivity index (χ2v) is 4.34. The number of non-ortho nitro benzene ring substituents is 1. The minimum absolute atomic E-state index is 0.0513. The van der Waals surface area contributed by atoms with Gasteiger partial charge in [0.1, 0.15) is 11.6 Å². The molecule has 0 radical (unpaired) electrons. The molecule has 2 aromatic rings. The molecule has 0 heterocycles. The summed E-state index contributed by atoms with van der Waals surface area (Å²) < 4.78 is 0. The Hall–Kier alpha value is -3.46. The smallest absolute Gasteiger partial charge is 0.269 e. The zero-order valence-electron chi connectivity index (χ0n) is 11.4. The molecule has 22 heavy (non-hydrogen) atoms. The Balaban J connectivity index is 2.15. The molecule has 2 rings (SSSR count). The Morgan fingerprint density at radius 3 is 2.32 bits per heavy atom. The third kappa shape index (κ3) is 3.77. The Labute approximate surface area is 126 Å². The van der Waals surface area contributed by atoms with E-state index in [9.17, 15) is 14.9 Å². The van der Waals surface area contributed by atoms with Crippen LogP contribution < -0.4 is 5.32 Å². The Morgan fingerprint density at radius 2 is 1.77 bits per heavy atom. The lowest BCUT2D eigenvalue weighted by atomic mass is 10.1. The Morgan fingerprint density at radius 1 is 1.14 bits per heavy atom. The van der Waals surface area contributed by atoms with Crippen molar-refractivity contribution in [2.75, 3.05) is 5.32 Å². The standard InChI is InChI=1S/C16H11N3O3/c17-11-13(10-12-4-2-1-3-5-12)16(20)18-14-6-8-15(9-7-14)19(21)22/h1-10H,(H,18,20)/b13-10+. The summed E-state index contributed by atoms with van der Waals surface area (Å²) in [4.78, 5) is 22.1. The number of nitrogens with one attached hydrogen (secondary N) is 1. The van der Waals surface area contributed by atoms with Crippen LogP contribution in [-0.4, -0.2) is 10.8 Å². The molecular formula is C16H11N3O3. The van der Waals surface area contributed by atoms with E-state index in [2.05, 4.69) is 5.32 Å². The van der Waals surface area contributed by atoms with Gasteiger partial charge in [-0.2, -0.15) is 5.26 Å². The van der Waals surface area contributed by atoms with Crippen LogP contribution in [0.4, 0.5) is 11.4 Å². The molecule has 0 saturated heterocycles. The van der Waals surface area contributed by atoms with Gasteiger partial charge in [-0.05, 0) is 23.8 Å². The van der Waals surface area contributed by atoms with Gasteiger partial charge < -0.3 is 5.32 Å². The zero-order valence-corrected chi connectivity index (χ0v) is 11.4. The highest BCUT2D eigenvalue weighted by molar-refractivity contribution is 6.09. The van der Waals surface area contributed by atoms with E-state index >= 15 is 0 Å². The monoisotopic (exact) mass is 293 g/mol. The average molecular weight is 293 g/mol. The quantitative estimate of drug-likeness (QED) is 0.405. The summed E-state index contributed by atoms with van der Waals surface area (Å²) in [5, 5.41) is 22.2. The molecule has 2 aromatic carbocycles. The number of hydrogen-bond acceptors (Lipinski definition) is 4. The summed E-state index contributed by atoms with van der Waals surface area (Å²) in [6, 6.07) is 16.2. The molecule has 1 N–H and O–H groups in total. The molecule has 0 aliphatic rings. The van der Waals surface area contributed by atoms with E-state index in [0.29, 0.717) is 5.69 Å². The summed E-state index contributed by atoms with van der Waals surface area (Å²) in [5.41, 5.74) is 0.991. The van der Waals surface area contributed by atoms with Gasteiger partial charge >= 0.3 is 0 Å². The van der Waals surface area contributed by atoms with Crippen molar-refractivity contribution < 1.29 is 9.72 Å². The molecule has 0 aliphatic carbocycles. The first kappa shape index (κ1) is 14.9. The Bertz CT molecular complexity index is 759. The molecule has 0 spiro atoms. The number of hydrogen-bond donors (Lipinski definition) is 1. The van der Waals surface area contributed by atoms with Crippen LogP contribution in [-0.2, 0) is 4.79 Å². The third-order valence-electron chi connectivity index (χ3n) is 2.81. The van der Waals surface area contributed by atoms with Gasteiger partial charge in [0, 0.05) is 17.8 Å². The fraction of sp³-hybridized carbons (Fsp3) is 0. The lowest BCUT2D eigenvalue weighted by Gasteiger charge is -2.04. The molecule has 0 aliphatic heterocycles. The second kappa shape index (κ2) is 6.81. The summed E-state index contributed by atoms with van der Waals surface area (Å²) in [5.74, 6) is -0.569. The molecule has 0 unspecified atom stereocenters. The van der Waals surface area contributed by atoms with Crippen LogP contribution in [0.15, 0.2) is 60.2 Å². The number of carbonyl (C=O) groups is 1. The van der Waals surface area contributed by atoms with Crippen LogP contribution in [0.3, 0.4) is 0 Å². The van der Waals surface area contributed by atoms with Gasteiger partial charge in [0.15, 0.2) is 0 Å². The van der Waals surface area contributed by atoms with Crippen molar-refractivity contribution in [1.29, 1.82) is 5.26 Å². The molecule has 6 heteroatoms. The second-order valence-electron chi connectivity index (χ2n) is 4.34. The van der Waals surface area contributed by atoms with E-state index in [0.717, 1.165) is 5.56 Å². The van der Waals surface area contributed by atoms with E-state index in [1.807, 2.05) is 12.1 Å². The first-order valence-corrected chi connectivity index (χ1v) is 6.33. The number of benzene rings is 2. The van der Waals surface area contributed by atoms with Gasteiger partial charge in [-0.1, -0.05) is 30.3 Å². The lowest BCUT2D eigenvalue weighted by molar-refractivity contribution is -0.384. The highest BCUT2D eigenvalue weighted by atomic mass is 16.6. The maximum Gasteiger partial charge on any atom is 0.269 e. The number of nitriles is 1. The third-order valence-corrected chi connectivity index (χ3v) is 2.81. The summed E-state index contributed by atoms with van der Waals surface area (Å²) in [6.45, 7) is 0. The molecule has 1 amide bonds. The maximum absolute atomic E-state index is 12.0. The summed E-state index contributed by atoms with van der Waals surface area (Å²) in [7, 11) is 0. The van der Waals surface area contributed by atoms with Crippen LogP contribution in [0.5, 0.6) is 0 Å². The number of nitrogens with zero attached hydrogens (tertiary/aromatic N) is 2. The minimum Gasteiger partial charge on any atom is -0.321 e. The highest BCUT2D eigenvalue weighted by Crippen LogP contribution is 2.16. The fourth-order valence-electron chi connectivity index (χ4n) is 1.73. The van der Waals surface area contributed by atoms with Crippen LogP contribution in [0.1, 0.15) is 5.56 Å². The first-order chi connectivity index (χ1) is 10.6. The molecule has 6 nitrogen and oxygen atoms in total. The summed E-state index contributed by atoms with van der Waals surface area (Å²) in [6.07, 6.45) is 1.47. The number of rotatable bonds is 4. The molecular weight excluding hydrogens is 282 g/mol. The van der Waals surface area contributed by atoms with Crippen LogP contribution in [0.25, 0.3) is 6.08 Å². The topological polar surface area (TPSA) is 96.0 Å².